The fourth-order valence-corrected chi connectivity index (χ4v) is 3.25. The van der Waals surface area contributed by atoms with E-state index in [0.29, 0.717) is 27.5 Å². The number of halogens is 2. The maximum absolute atomic E-state index is 6.21. The second-order valence-electron chi connectivity index (χ2n) is 5.64. The molecule has 0 spiro atoms. The molecule has 26 heavy (non-hydrogen) atoms. The Morgan fingerprint density at radius 2 is 1.92 bits per heavy atom. The molecule has 0 aliphatic carbocycles. The van der Waals surface area contributed by atoms with Crippen LogP contribution in [-0.2, 0) is 13.1 Å². The van der Waals surface area contributed by atoms with Crippen LogP contribution in [0.1, 0.15) is 18.2 Å². The van der Waals surface area contributed by atoms with Gasteiger partial charge in [-0.25, -0.2) is 0 Å². The van der Waals surface area contributed by atoms with Crippen LogP contribution in [0, 0.1) is 6.92 Å². The predicted octanol–water partition coefficient (Wildman–Crippen LogP) is 4.57. The summed E-state index contributed by atoms with van der Waals surface area (Å²) in [6.45, 7) is 5.31. The van der Waals surface area contributed by atoms with E-state index in [1.807, 2.05) is 49.0 Å². The molecular weight excluding hydrogens is 391 g/mol. The van der Waals surface area contributed by atoms with Crippen LogP contribution in [-0.4, -0.2) is 24.7 Å². The minimum atomic E-state index is 0.449. The zero-order valence-corrected chi connectivity index (χ0v) is 16.7. The predicted molar refractivity (Wildman–Crippen MR) is 110 cm³/mol. The van der Waals surface area contributed by atoms with E-state index >= 15 is 0 Å². The number of benzene rings is 1. The molecule has 0 fully saturated rings. The van der Waals surface area contributed by atoms with Gasteiger partial charge in [0.15, 0.2) is 10.9 Å². The Kier molecular flexibility index (Phi) is 5.80. The van der Waals surface area contributed by atoms with Gasteiger partial charge >= 0.3 is 0 Å². The topological polar surface area (TPSA) is 59.7 Å². The summed E-state index contributed by atoms with van der Waals surface area (Å²) in [5.41, 5.74) is 2.72. The number of hydrogen-bond acceptors (Lipinski definition) is 3. The summed E-state index contributed by atoms with van der Waals surface area (Å²) in [5.74, 6) is 0.631. The van der Waals surface area contributed by atoms with E-state index in [9.17, 15) is 0 Å². The van der Waals surface area contributed by atoms with E-state index in [4.69, 9.17) is 35.4 Å². The number of rotatable bonds is 5. The maximum atomic E-state index is 6.21. The van der Waals surface area contributed by atoms with Crippen LogP contribution in [0.4, 0.5) is 11.5 Å². The van der Waals surface area contributed by atoms with Gasteiger partial charge in [0.1, 0.15) is 0 Å². The van der Waals surface area contributed by atoms with Crippen molar-refractivity contribution in [2.24, 2.45) is 0 Å². The highest BCUT2D eigenvalue weighted by Gasteiger charge is 2.10. The van der Waals surface area contributed by atoms with Crippen molar-refractivity contribution in [3.63, 3.8) is 0 Å². The van der Waals surface area contributed by atoms with Crippen LogP contribution in [0.3, 0.4) is 0 Å². The summed E-state index contributed by atoms with van der Waals surface area (Å²) in [4.78, 5) is 0. The van der Waals surface area contributed by atoms with Crippen molar-refractivity contribution in [3.05, 3.63) is 58.0 Å². The number of nitrogens with one attached hydrogen (secondary N) is 2. The number of thiocarbonyl (C=S) groups is 1. The van der Waals surface area contributed by atoms with Gasteiger partial charge in [0.2, 0.25) is 0 Å². The van der Waals surface area contributed by atoms with Crippen LogP contribution < -0.4 is 10.6 Å². The molecule has 2 N–H and O–H groups in total. The Hall–Kier alpha value is -2.09. The molecule has 1 aromatic carbocycles. The van der Waals surface area contributed by atoms with E-state index < -0.39 is 0 Å². The first-order valence-electron chi connectivity index (χ1n) is 8.04. The fourth-order valence-electron chi connectivity index (χ4n) is 2.52. The van der Waals surface area contributed by atoms with Gasteiger partial charge in [0.05, 0.1) is 24.1 Å². The quantitative estimate of drug-likeness (QED) is 0.605. The van der Waals surface area contributed by atoms with E-state index in [0.717, 1.165) is 23.5 Å². The molecule has 0 bridgehead atoms. The average Bonchev–Trinajstić information content (AvgIpc) is 3.18. The van der Waals surface area contributed by atoms with Gasteiger partial charge in [-0.05, 0) is 38.2 Å². The summed E-state index contributed by atoms with van der Waals surface area (Å²) in [5, 5.41) is 16.6. The highest BCUT2D eigenvalue weighted by atomic mass is 35.5. The Morgan fingerprint density at radius 1 is 1.19 bits per heavy atom. The lowest BCUT2D eigenvalue weighted by molar-refractivity contribution is 0.640. The van der Waals surface area contributed by atoms with Gasteiger partial charge in [-0.2, -0.15) is 10.2 Å². The number of anilines is 2. The van der Waals surface area contributed by atoms with E-state index in [1.54, 1.807) is 10.9 Å². The van der Waals surface area contributed by atoms with Crippen LogP contribution in [0.25, 0.3) is 0 Å². The first-order chi connectivity index (χ1) is 12.5. The third kappa shape index (κ3) is 4.17. The molecule has 0 radical (unpaired) electrons. The van der Waals surface area contributed by atoms with Gasteiger partial charge in [-0.15, -0.1) is 0 Å². The molecule has 0 atom stereocenters. The first kappa shape index (κ1) is 18.7. The number of aryl methyl sites for hydroxylation is 1. The average molecular weight is 409 g/mol. The van der Waals surface area contributed by atoms with Crippen LogP contribution in [0.2, 0.25) is 10.0 Å². The van der Waals surface area contributed by atoms with Crippen molar-refractivity contribution in [2.45, 2.75) is 26.9 Å². The van der Waals surface area contributed by atoms with Gasteiger partial charge in [-0.1, -0.05) is 29.3 Å². The number of nitrogens with zero attached hydrogens (tertiary/aromatic N) is 4. The van der Waals surface area contributed by atoms with Gasteiger partial charge in [-0.3, -0.25) is 9.36 Å². The standard InChI is InChI=1S/C17H18Cl2N6S/c1-3-25-11(2)15(9-20-25)21-17(26)22-16-7-8-24(23-16)10-12-13(18)5-4-6-14(12)19/h4-9H,3,10H2,1-2H3,(H2,21,22,23,26). The minimum Gasteiger partial charge on any atom is -0.330 e. The molecule has 0 unspecified atom stereocenters. The highest BCUT2D eigenvalue weighted by molar-refractivity contribution is 7.80. The molecule has 2 heterocycles. The first-order valence-corrected chi connectivity index (χ1v) is 9.21. The molecule has 9 heteroatoms. The Labute approximate surface area is 167 Å². The summed E-state index contributed by atoms with van der Waals surface area (Å²) in [6, 6.07) is 7.27. The van der Waals surface area contributed by atoms with Crippen LogP contribution >= 0.6 is 35.4 Å². The second-order valence-corrected chi connectivity index (χ2v) is 6.86. The number of aromatic nitrogens is 4. The maximum Gasteiger partial charge on any atom is 0.176 e. The lowest BCUT2D eigenvalue weighted by atomic mass is 10.2. The molecule has 0 amide bonds. The van der Waals surface area contributed by atoms with Crippen LogP contribution in [0.5, 0.6) is 0 Å². The van der Waals surface area contributed by atoms with Gasteiger partial charge < -0.3 is 10.6 Å². The molecule has 136 valence electrons. The van der Waals surface area contributed by atoms with Gasteiger partial charge in [0.25, 0.3) is 0 Å². The molecular formula is C17H18Cl2N6S. The monoisotopic (exact) mass is 408 g/mol. The molecule has 0 saturated carbocycles. The summed E-state index contributed by atoms with van der Waals surface area (Å²) in [6.07, 6.45) is 3.59. The summed E-state index contributed by atoms with van der Waals surface area (Å²) in [7, 11) is 0. The SMILES string of the molecule is CCn1ncc(NC(=S)Nc2ccn(Cc3c(Cl)cccc3Cl)n2)c1C. The molecule has 0 saturated heterocycles. The summed E-state index contributed by atoms with van der Waals surface area (Å²) >= 11 is 17.8. The van der Waals surface area contributed by atoms with Crippen molar-refractivity contribution in [2.75, 3.05) is 10.6 Å². The van der Waals surface area contributed by atoms with Crippen molar-refractivity contribution >= 4 is 52.0 Å². The minimum absolute atomic E-state index is 0.449. The zero-order valence-electron chi connectivity index (χ0n) is 14.3. The Bertz CT molecular complexity index is 913. The third-order valence-electron chi connectivity index (χ3n) is 3.91. The van der Waals surface area contributed by atoms with Crippen molar-refractivity contribution in [1.29, 1.82) is 0 Å². The smallest absolute Gasteiger partial charge is 0.176 e. The van der Waals surface area contributed by atoms with Crippen molar-refractivity contribution in [3.8, 4) is 0 Å². The van der Waals surface area contributed by atoms with Gasteiger partial charge in [0, 0.05) is 34.4 Å². The van der Waals surface area contributed by atoms with E-state index in [2.05, 4.69) is 20.8 Å². The zero-order chi connectivity index (χ0) is 18.7. The molecule has 3 aromatic rings. The van der Waals surface area contributed by atoms with E-state index in [-0.39, 0.29) is 0 Å². The summed E-state index contributed by atoms with van der Waals surface area (Å²) < 4.78 is 3.64. The van der Waals surface area contributed by atoms with Crippen molar-refractivity contribution < 1.29 is 0 Å². The molecule has 0 aliphatic heterocycles. The molecule has 6 nitrogen and oxygen atoms in total. The molecule has 2 aromatic heterocycles. The van der Waals surface area contributed by atoms with Crippen molar-refractivity contribution in [1.82, 2.24) is 19.6 Å². The molecule has 3 rings (SSSR count). The lowest BCUT2D eigenvalue weighted by Crippen LogP contribution is -2.20. The molecule has 0 aliphatic rings. The fraction of sp³-hybridized carbons (Fsp3) is 0.235. The van der Waals surface area contributed by atoms with E-state index in [1.165, 1.54) is 0 Å². The Balaban J connectivity index is 1.64. The second kappa shape index (κ2) is 8.07. The largest absolute Gasteiger partial charge is 0.330 e. The third-order valence-corrected chi connectivity index (χ3v) is 4.83. The normalized spacial score (nSPS) is 10.8. The Morgan fingerprint density at radius 3 is 2.58 bits per heavy atom. The number of hydrogen-bond donors (Lipinski definition) is 2. The van der Waals surface area contributed by atoms with Crippen LogP contribution in [0.15, 0.2) is 36.7 Å². The lowest BCUT2D eigenvalue weighted by Gasteiger charge is -2.09. The highest BCUT2D eigenvalue weighted by Crippen LogP contribution is 2.25.